The highest BCUT2D eigenvalue weighted by Gasteiger charge is 2.26. The number of nitrogens with two attached hydrogens (primary N) is 1. The van der Waals surface area contributed by atoms with Crippen molar-refractivity contribution in [3.63, 3.8) is 0 Å². The Bertz CT molecular complexity index is 873. The van der Waals surface area contributed by atoms with Crippen LogP contribution in [0.15, 0.2) is 60.7 Å². The van der Waals surface area contributed by atoms with E-state index in [-0.39, 0.29) is 0 Å². The largest absolute Gasteiger partial charge is 0.487 e. The van der Waals surface area contributed by atoms with E-state index in [9.17, 15) is 0 Å². The molecule has 1 fully saturated rings. The predicted octanol–water partition coefficient (Wildman–Crippen LogP) is 4.98. The number of aromatic nitrogens is 1. The van der Waals surface area contributed by atoms with Gasteiger partial charge in [-0.05, 0) is 48.6 Å². The van der Waals surface area contributed by atoms with Gasteiger partial charge in [-0.15, -0.1) is 0 Å². The van der Waals surface area contributed by atoms with Gasteiger partial charge < -0.3 is 9.57 Å². The molecule has 4 rings (SSSR count). The minimum atomic E-state index is 0.369. The van der Waals surface area contributed by atoms with Crippen molar-refractivity contribution < 1.29 is 9.57 Å². The van der Waals surface area contributed by atoms with Crippen LogP contribution < -0.4 is 10.6 Å². The van der Waals surface area contributed by atoms with E-state index in [1.54, 1.807) is 0 Å². The second-order valence-electron chi connectivity index (χ2n) is 7.34. The number of nitrogens with zero attached hydrogens (tertiary/aromatic N) is 1. The van der Waals surface area contributed by atoms with Crippen molar-refractivity contribution in [2.45, 2.75) is 38.2 Å². The van der Waals surface area contributed by atoms with Gasteiger partial charge in [0.1, 0.15) is 12.4 Å². The van der Waals surface area contributed by atoms with E-state index in [4.69, 9.17) is 15.5 Å². The first-order valence-electron chi connectivity index (χ1n) is 9.72. The molecule has 1 aliphatic rings. The van der Waals surface area contributed by atoms with Crippen molar-refractivity contribution in [3.8, 4) is 5.75 Å². The van der Waals surface area contributed by atoms with Gasteiger partial charge in [0.15, 0.2) is 0 Å². The summed E-state index contributed by atoms with van der Waals surface area (Å²) in [5.41, 5.74) is 3.21. The molecule has 27 heavy (non-hydrogen) atoms. The zero-order chi connectivity index (χ0) is 18.5. The summed E-state index contributed by atoms with van der Waals surface area (Å²) in [6, 6.07) is 20.6. The van der Waals surface area contributed by atoms with Gasteiger partial charge in [-0.1, -0.05) is 49.2 Å². The summed E-state index contributed by atoms with van der Waals surface area (Å²) in [5, 5.41) is 1.14. The molecule has 1 heterocycles. The minimum absolute atomic E-state index is 0.369. The quantitative estimate of drug-likeness (QED) is 0.602. The SMILES string of the molecule is NOC[C@@H](c1ccc(OCc2ccc3ccccc3n2)cc1)C1CCCC1. The molecule has 0 aliphatic heterocycles. The number of rotatable bonds is 7. The molecule has 0 saturated heterocycles. The second kappa shape index (κ2) is 8.51. The maximum absolute atomic E-state index is 5.94. The Labute approximate surface area is 160 Å². The first kappa shape index (κ1) is 18.0. The van der Waals surface area contributed by atoms with E-state index in [0.717, 1.165) is 22.3 Å². The lowest BCUT2D eigenvalue weighted by molar-refractivity contribution is 0.106. The van der Waals surface area contributed by atoms with E-state index >= 15 is 0 Å². The summed E-state index contributed by atoms with van der Waals surface area (Å²) in [5.74, 6) is 7.28. The molecule has 0 radical (unpaired) electrons. The van der Waals surface area contributed by atoms with Gasteiger partial charge in [-0.25, -0.2) is 10.9 Å². The Balaban J connectivity index is 1.42. The zero-order valence-corrected chi connectivity index (χ0v) is 15.5. The Hall–Kier alpha value is -2.43. The molecule has 3 aromatic rings. The van der Waals surface area contributed by atoms with Crippen LogP contribution in [0.4, 0.5) is 0 Å². The Morgan fingerprint density at radius 1 is 0.963 bits per heavy atom. The van der Waals surface area contributed by atoms with E-state index in [2.05, 4.69) is 29.2 Å². The molecule has 2 aromatic carbocycles. The third-order valence-electron chi connectivity index (χ3n) is 5.60. The molecule has 4 nitrogen and oxygen atoms in total. The number of fused-ring (bicyclic) bond motifs is 1. The van der Waals surface area contributed by atoms with Gasteiger partial charge >= 0.3 is 0 Å². The molecule has 140 valence electrons. The lowest BCUT2D eigenvalue weighted by Gasteiger charge is -2.23. The summed E-state index contributed by atoms with van der Waals surface area (Å²) in [4.78, 5) is 9.66. The fourth-order valence-corrected chi connectivity index (χ4v) is 4.13. The highest BCUT2D eigenvalue weighted by Crippen LogP contribution is 2.37. The van der Waals surface area contributed by atoms with Crippen molar-refractivity contribution in [1.29, 1.82) is 0 Å². The summed E-state index contributed by atoms with van der Waals surface area (Å²) in [6.07, 6.45) is 5.15. The van der Waals surface area contributed by atoms with Crippen molar-refractivity contribution in [3.05, 3.63) is 71.9 Å². The van der Waals surface area contributed by atoms with Crippen molar-refractivity contribution >= 4 is 10.9 Å². The van der Waals surface area contributed by atoms with Crippen LogP contribution in [0.3, 0.4) is 0 Å². The molecular weight excluding hydrogens is 336 g/mol. The average Bonchev–Trinajstić information content (AvgIpc) is 3.25. The lowest BCUT2D eigenvalue weighted by Crippen LogP contribution is -2.18. The molecule has 1 aromatic heterocycles. The molecule has 0 unspecified atom stereocenters. The van der Waals surface area contributed by atoms with Crippen LogP contribution in [0.1, 0.15) is 42.9 Å². The fourth-order valence-electron chi connectivity index (χ4n) is 4.13. The highest BCUT2D eigenvalue weighted by atomic mass is 16.6. The molecular formula is C23H26N2O2. The minimum Gasteiger partial charge on any atom is -0.487 e. The van der Waals surface area contributed by atoms with Crippen LogP contribution in [0, 0.1) is 5.92 Å². The van der Waals surface area contributed by atoms with Crippen LogP contribution >= 0.6 is 0 Å². The Morgan fingerprint density at radius 2 is 1.74 bits per heavy atom. The topological polar surface area (TPSA) is 57.4 Å². The van der Waals surface area contributed by atoms with Crippen molar-refractivity contribution in [2.24, 2.45) is 11.8 Å². The molecule has 4 heteroatoms. The first-order chi connectivity index (χ1) is 13.3. The molecule has 0 spiro atoms. The lowest BCUT2D eigenvalue weighted by atomic mass is 9.85. The monoisotopic (exact) mass is 362 g/mol. The van der Waals surface area contributed by atoms with Crippen LogP contribution in [0.2, 0.25) is 0 Å². The van der Waals surface area contributed by atoms with E-state index in [1.807, 2.05) is 36.4 Å². The van der Waals surface area contributed by atoms with E-state index < -0.39 is 0 Å². The maximum Gasteiger partial charge on any atom is 0.130 e. The van der Waals surface area contributed by atoms with Gasteiger partial charge in [0.05, 0.1) is 17.8 Å². The number of hydrogen-bond acceptors (Lipinski definition) is 4. The zero-order valence-electron chi connectivity index (χ0n) is 15.5. The van der Waals surface area contributed by atoms with Crippen LogP contribution in [-0.4, -0.2) is 11.6 Å². The van der Waals surface area contributed by atoms with Crippen LogP contribution in [0.25, 0.3) is 10.9 Å². The van der Waals surface area contributed by atoms with Gasteiger partial charge in [-0.3, -0.25) is 0 Å². The van der Waals surface area contributed by atoms with E-state index in [0.29, 0.717) is 25.0 Å². The average molecular weight is 362 g/mol. The van der Waals surface area contributed by atoms with Crippen molar-refractivity contribution in [2.75, 3.05) is 6.61 Å². The normalized spacial score (nSPS) is 15.9. The first-order valence-corrected chi connectivity index (χ1v) is 9.72. The van der Waals surface area contributed by atoms with Crippen molar-refractivity contribution in [1.82, 2.24) is 4.98 Å². The Kier molecular flexibility index (Phi) is 5.66. The van der Waals surface area contributed by atoms with E-state index in [1.165, 1.54) is 31.2 Å². The number of pyridine rings is 1. The molecule has 0 amide bonds. The van der Waals surface area contributed by atoms with Gasteiger partial charge in [-0.2, -0.15) is 0 Å². The van der Waals surface area contributed by atoms with Crippen LogP contribution in [0.5, 0.6) is 5.75 Å². The standard InChI is InChI=1S/C23H26N2O2/c24-27-16-22(17-5-1-2-6-17)18-10-13-21(14-11-18)26-15-20-12-9-19-7-3-4-8-23(19)25-20/h3-4,7-14,17,22H,1-2,5-6,15-16,24H2/t22-/m1/s1. The molecule has 0 bridgehead atoms. The molecule has 1 aliphatic carbocycles. The summed E-state index contributed by atoms with van der Waals surface area (Å²) in [7, 11) is 0. The highest BCUT2D eigenvalue weighted by molar-refractivity contribution is 5.78. The van der Waals surface area contributed by atoms with Gasteiger partial charge in [0, 0.05) is 11.3 Å². The third kappa shape index (κ3) is 4.29. The molecule has 1 saturated carbocycles. The molecule has 2 N–H and O–H groups in total. The number of hydrogen-bond donors (Lipinski definition) is 1. The molecule has 1 atom stereocenters. The Morgan fingerprint density at radius 3 is 2.52 bits per heavy atom. The third-order valence-corrected chi connectivity index (χ3v) is 5.60. The number of benzene rings is 2. The smallest absolute Gasteiger partial charge is 0.130 e. The van der Waals surface area contributed by atoms with Gasteiger partial charge in [0.25, 0.3) is 0 Å². The summed E-state index contributed by atoms with van der Waals surface area (Å²) in [6.45, 7) is 1.04. The fraction of sp³-hybridized carbons (Fsp3) is 0.348. The van der Waals surface area contributed by atoms with Crippen LogP contribution in [-0.2, 0) is 11.4 Å². The second-order valence-corrected chi connectivity index (χ2v) is 7.34. The summed E-state index contributed by atoms with van der Waals surface area (Å²) < 4.78 is 5.94. The van der Waals surface area contributed by atoms with Gasteiger partial charge in [0.2, 0.25) is 0 Å². The predicted molar refractivity (Wildman–Crippen MR) is 107 cm³/mol. The maximum atomic E-state index is 5.94. The number of para-hydroxylation sites is 1. The number of ether oxygens (including phenoxy) is 1. The summed E-state index contributed by atoms with van der Waals surface area (Å²) >= 11 is 0.